The summed E-state index contributed by atoms with van der Waals surface area (Å²) < 4.78 is 14.1. The van der Waals surface area contributed by atoms with Crippen molar-refractivity contribution in [2.24, 2.45) is 0 Å². The van der Waals surface area contributed by atoms with E-state index in [1.54, 1.807) is 6.07 Å². The van der Waals surface area contributed by atoms with Gasteiger partial charge in [-0.15, -0.1) is 0 Å². The second-order valence-electron chi connectivity index (χ2n) is 4.23. The van der Waals surface area contributed by atoms with Crippen molar-refractivity contribution in [2.45, 2.75) is 0 Å². The molecule has 0 aromatic heterocycles. The summed E-state index contributed by atoms with van der Waals surface area (Å²) in [4.78, 5) is 0. The molecule has 3 aromatic carbocycles. The first-order valence-corrected chi connectivity index (χ1v) is 8.20. The van der Waals surface area contributed by atoms with Crippen molar-refractivity contribution in [1.29, 1.82) is 0 Å². The third-order valence-corrected chi connectivity index (χ3v) is 5.71. The van der Waals surface area contributed by atoms with Gasteiger partial charge >= 0.3 is 0 Å². The van der Waals surface area contributed by atoms with Crippen LogP contribution in [0.2, 0.25) is 0 Å². The highest BCUT2D eigenvalue weighted by Gasteiger charge is 2.15. The Kier molecular flexibility index (Phi) is 3.50. The Bertz CT molecular complexity index is 707. The van der Waals surface area contributed by atoms with E-state index in [2.05, 4.69) is 0 Å². The predicted molar refractivity (Wildman–Crippen MR) is 82.4 cm³/mol. The molecule has 0 heterocycles. The number of hydrogen-bond donors (Lipinski definition) is 0. The van der Waals surface area contributed by atoms with E-state index in [9.17, 15) is 4.39 Å². The Morgan fingerprint density at radius 3 is 2.21 bits per heavy atom. The highest BCUT2D eigenvalue weighted by molar-refractivity contribution is 7.96. The normalized spacial score (nSPS) is 12.5. The van der Waals surface area contributed by atoms with Crippen LogP contribution in [-0.2, 0) is 0 Å². The summed E-state index contributed by atoms with van der Waals surface area (Å²) >= 11 is 6.58. The Balaban J connectivity index is 2.21. The molecule has 3 rings (SSSR count). The van der Waals surface area contributed by atoms with Gasteiger partial charge < -0.3 is 0 Å². The van der Waals surface area contributed by atoms with Crippen LogP contribution in [0.1, 0.15) is 0 Å². The van der Waals surface area contributed by atoms with E-state index < -0.39 is 7.27 Å². The zero-order valence-electron chi connectivity index (χ0n) is 10.1. The molecule has 0 bridgehead atoms. The number of halogens is 2. The highest BCUT2D eigenvalue weighted by Crippen LogP contribution is 2.41. The lowest BCUT2D eigenvalue weighted by molar-refractivity contribution is 0.640. The second kappa shape index (κ2) is 5.28. The van der Waals surface area contributed by atoms with Crippen LogP contribution in [0, 0.1) is 5.82 Å². The third-order valence-electron chi connectivity index (χ3n) is 3.03. The molecule has 3 heteroatoms. The van der Waals surface area contributed by atoms with E-state index in [0.717, 1.165) is 16.0 Å². The largest absolute Gasteiger partial charge is 0.206 e. The average molecular weight is 289 g/mol. The Morgan fingerprint density at radius 2 is 1.47 bits per heavy atom. The first-order valence-electron chi connectivity index (χ1n) is 5.95. The topological polar surface area (TPSA) is 0 Å². The van der Waals surface area contributed by atoms with Gasteiger partial charge in [-0.3, -0.25) is 0 Å². The van der Waals surface area contributed by atoms with Gasteiger partial charge in [0.15, 0.2) is 0 Å². The minimum Gasteiger partial charge on any atom is -0.206 e. The molecule has 0 spiro atoms. The van der Waals surface area contributed by atoms with Crippen LogP contribution in [0.25, 0.3) is 10.8 Å². The molecule has 0 saturated heterocycles. The monoisotopic (exact) mass is 288 g/mol. The molecule has 3 aromatic rings. The van der Waals surface area contributed by atoms with Crippen molar-refractivity contribution < 1.29 is 4.39 Å². The van der Waals surface area contributed by atoms with Gasteiger partial charge in [-0.2, -0.15) is 0 Å². The summed E-state index contributed by atoms with van der Waals surface area (Å²) in [7, 11) is -1.05. The second-order valence-corrected chi connectivity index (χ2v) is 6.81. The molecule has 0 aliphatic carbocycles. The molecule has 0 aliphatic heterocycles. The van der Waals surface area contributed by atoms with Gasteiger partial charge in [-0.1, -0.05) is 71.9 Å². The maximum Gasteiger partial charge on any atom is 0.131 e. The van der Waals surface area contributed by atoms with Crippen LogP contribution in [0.5, 0.6) is 0 Å². The number of rotatable bonds is 2. The van der Waals surface area contributed by atoms with Gasteiger partial charge in [-0.05, 0) is 16.8 Å². The fourth-order valence-corrected chi connectivity index (χ4v) is 4.26. The van der Waals surface area contributed by atoms with Crippen molar-refractivity contribution in [3.63, 3.8) is 0 Å². The third kappa shape index (κ3) is 2.36. The molecule has 0 radical (unpaired) electrons. The zero-order valence-corrected chi connectivity index (χ0v) is 11.7. The van der Waals surface area contributed by atoms with Gasteiger partial charge in [0, 0.05) is 10.7 Å². The fraction of sp³-hybridized carbons (Fsp3) is 0. The molecular weight excluding hydrogens is 278 g/mol. The number of benzene rings is 3. The standard InChI is InChI=1S/C16H11ClFP/c17-19(13-8-2-1-3-9-13)15-11-5-7-12-6-4-10-14(18)16(12)15/h1-11H. The molecule has 1 atom stereocenters. The van der Waals surface area contributed by atoms with Crippen molar-refractivity contribution >= 4 is 39.9 Å². The smallest absolute Gasteiger partial charge is 0.131 e. The Hall–Kier alpha value is -1.43. The van der Waals surface area contributed by atoms with Gasteiger partial charge in [0.25, 0.3) is 0 Å². The van der Waals surface area contributed by atoms with E-state index >= 15 is 0 Å². The zero-order chi connectivity index (χ0) is 13.2. The van der Waals surface area contributed by atoms with E-state index in [1.807, 2.05) is 54.6 Å². The van der Waals surface area contributed by atoms with Gasteiger partial charge in [0.1, 0.15) is 5.82 Å². The highest BCUT2D eigenvalue weighted by atomic mass is 35.7. The van der Waals surface area contributed by atoms with E-state index in [4.69, 9.17) is 11.2 Å². The van der Waals surface area contributed by atoms with Gasteiger partial charge in [0.2, 0.25) is 0 Å². The molecule has 0 amide bonds. The van der Waals surface area contributed by atoms with Crippen LogP contribution in [0.3, 0.4) is 0 Å². The van der Waals surface area contributed by atoms with Crippen molar-refractivity contribution in [1.82, 2.24) is 0 Å². The molecule has 0 nitrogen and oxygen atoms in total. The maximum absolute atomic E-state index is 14.1. The van der Waals surface area contributed by atoms with E-state index in [-0.39, 0.29) is 5.82 Å². The van der Waals surface area contributed by atoms with Crippen LogP contribution >= 0.6 is 18.5 Å². The fourth-order valence-electron chi connectivity index (χ4n) is 2.14. The first kappa shape index (κ1) is 12.6. The molecule has 94 valence electrons. The molecular formula is C16H11ClFP. The van der Waals surface area contributed by atoms with Crippen LogP contribution in [0.4, 0.5) is 4.39 Å². The lowest BCUT2D eigenvalue weighted by atomic mass is 10.1. The molecule has 1 unspecified atom stereocenters. The van der Waals surface area contributed by atoms with Crippen LogP contribution in [-0.4, -0.2) is 0 Å². The summed E-state index contributed by atoms with van der Waals surface area (Å²) in [5.41, 5.74) is 0. The lowest BCUT2D eigenvalue weighted by Gasteiger charge is -2.13. The maximum atomic E-state index is 14.1. The summed E-state index contributed by atoms with van der Waals surface area (Å²) in [6, 6.07) is 20.7. The van der Waals surface area contributed by atoms with E-state index in [1.165, 1.54) is 6.07 Å². The Labute approximate surface area is 117 Å². The lowest BCUT2D eigenvalue weighted by Crippen LogP contribution is -2.09. The van der Waals surface area contributed by atoms with Crippen LogP contribution in [0.15, 0.2) is 66.7 Å². The summed E-state index contributed by atoms with van der Waals surface area (Å²) in [5, 5.41) is 3.44. The average Bonchev–Trinajstić information content (AvgIpc) is 2.47. The van der Waals surface area contributed by atoms with Gasteiger partial charge in [-0.25, -0.2) is 4.39 Å². The predicted octanol–water partition coefficient (Wildman–Crippen LogP) is 4.57. The van der Waals surface area contributed by atoms with Crippen molar-refractivity contribution in [3.8, 4) is 0 Å². The molecule has 0 aliphatic rings. The van der Waals surface area contributed by atoms with Crippen molar-refractivity contribution in [2.75, 3.05) is 0 Å². The van der Waals surface area contributed by atoms with Crippen molar-refractivity contribution in [3.05, 3.63) is 72.5 Å². The number of fused-ring (bicyclic) bond motifs is 1. The summed E-state index contributed by atoms with van der Waals surface area (Å²) in [6.45, 7) is 0. The molecule has 0 fully saturated rings. The minimum absolute atomic E-state index is 0.211. The molecule has 0 saturated carbocycles. The first-order chi connectivity index (χ1) is 9.27. The quantitative estimate of drug-likeness (QED) is 0.606. The van der Waals surface area contributed by atoms with E-state index in [0.29, 0.717) is 5.39 Å². The van der Waals surface area contributed by atoms with Crippen LogP contribution < -0.4 is 10.6 Å². The summed E-state index contributed by atoms with van der Waals surface area (Å²) in [6.07, 6.45) is 0. The number of hydrogen-bond acceptors (Lipinski definition) is 0. The molecule has 19 heavy (non-hydrogen) atoms. The molecule has 0 N–H and O–H groups in total. The minimum atomic E-state index is -1.05. The SMILES string of the molecule is Fc1cccc2cccc(P(Cl)c3ccccc3)c12. The summed E-state index contributed by atoms with van der Waals surface area (Å²) in [5.74, 6) is -0.211. The van der Waals surface area contributed by atoms with Gasteiger partial charge in [0.05, 0.1) is 7.27 Å². The Morgan fingerprint density at radius 1 is 0.789 bits per heavy atom.